The molecule has 4 heteroatoms. The fourth-order valence-corrected chi connectivity index (χ4v) is 3.51. The maximum absolute atomic E-state index is 11.8. The number of phenols is 1. The lowest BCUT2D eigenvalue weighted by Crippen LogP contribution is -1.85. The van der Waals surface area contributed by atoms with Crippen molar-refractivity contribution in [1.82, 2.24) is 9.97 Å². The lowest BCUT2D eigenvalue weighted by molar-refractivity contribution is 0.112. The number of hydrogen-bond acceptors (Lipinski definition) is 2. The molecule has 23 heavy (non-hydrogen) atoms. The highest BCUT2D eigenvalue weighted by atomic mass is 16.3. The highest BCUT2D eigenvalue weighted by molar-refractivity contribution is 6.24. The number of aromatic nitrogens is 2. The Kier molecular flexibility index (Phi) is 2.21. The molecule has 0 radical (unpaired) electrons. The molecule has 0 atom stereocenters. The Morgan fingerprint density at radius 1 is 0.826 bits per heavy atom. The second-order valence-electron chi connectivity index (χ2n) is 5.78. The number of aldehydes is 1. The third-order valence-electron chi connectivity index (χ3n) is 4.50. The smallest absolute Gasteiger partial charge is 0.152 e. The molecule has 3 N–H and O–H groups in total. The summed E-state index contributed by atoms with van der Waals surface area (Å²) < 4.78 is 0. The van der Waals surface area contributed by atoms with Gasteiger partial charge in [0.05, 0.1) is 5.52 Å². The summed E-state index contributed by atoms with van der Waals surface area (Å²) in [6, 6.07) is 15.2. The van der Waals surface area contributed by atoms with Crippen LogP contribution >= 0.6 is 0 Å². The topological polar surface area (TPSA) is 68.9 Å². The number of hydrogen-bond donors (Lipinski definition) is 3. The first-order chi connectivity index (χ1) is 11.3. The number of aromatic amines is 2. The highest BCUT2D eigenvalue weighted by Crippen LogP contribution is 2.36. The first kappa shape index (κ1) is 12.3. The van der Waals surface area contributed by atoms with Crippen molar-refractivity contribution < 1.29 is 9.90 Å². The van der Waals surface area contributed by atoms with Gasteiger partial charge in [-0.2, -0.15) is 0 Å². The van der Waals surface area contributed by atoms with Gasteiger partial charge >= 0.3 is 0 Å². The normalized spacial score (nSPS) is 11.8. The minimum atomic E-state index is 0.211. The van der Waals surface area contributed by atoms with Crippen LogP contribution in [0.1, 0.15) is 10.4 Å². The predicted molar refractivity (Wildman–Crippen MR) is 92.2 cm³/mol. The third kappa shape index (κ3) is 1.52. The van der Waals surface area contributed by atoms with Gasteiger partial charge in [-0.25, -0.2) is 0 Å². The Morgan fingerprint density at radius 3 is 2.52 bits per heavy atom. The fraction of sp³-hybridized carbons (Fsp3) is 0. The molecule has 0 aliphatic rings. The van der Waals surface area contributed by atoms with Crippen molar-refractivity contribution in [3.63, 3.8) is 0 Å². The molecule has 0 aliphatic carbocycles. The van der Waals surface area contributed by atoms with Crippen molar-refractivity contribution >= 4 is 49.9 Å². The van der Waals surface area contributed by atoms with Crippen molar-refractivity contribution in [2.45, 2.75) is 0 Å². The average molecular weight is 300 g/mol. The van der Waals surface area contributed by atoms with Gasteiger partial charge in [0.2, 0.25) is 0 Å². The van der Waals surface area contributed by atoms with Crippen molar-refractivity contribution in [2.24, 2.45) is 0 Å². The van der Waals surface area contributed by atoms with Gasteiger partial charge in [-0.15, -0.1) is 0 Å². The van der Waals surface area contributed by atoms with Crippen molar-refractivity contribution in [3.8, 4) is 5.75 Å². The molecule has 0 spiro atoms. The van der Waals surface area contributed by atoms with E-state index in [1.807, 2.05) is 36.4 Å². The maximum atomic E-state index is 11.8. The van der Waals surface area contributed by atoms with Gasteiger partial charge in [-0.05, 0) is 30.3 Å². The van der Waals surface area contributed by atoms with Crippen molar-refractivity contribution in [3.05, 3.63) is 54.1 Å². The van der Waals surface area contributed by atoms with E-state index < -0.39 is 0 Å². The molecule has 0 fully saturated rings. The van der Waals surface area contributed by atoms with E-state index >= 15 is 0 Å². The number of fused-ring (bicyclic) bond motifs is 6. The second kappa shape index (κ2) is 4.14. The Morgan fingerprint density at radius 2 is 1.65 bits per heavy atom. The summed E-state index contributed by atoms with van der Waals surface area (Å²) in [4.78, 5) is 18.5. The van der Waals surface area contributed by atoms with E-state index in [2.05, 4.69) is 9.97 Å². The van der Waals surface area contributed by atoms with Crippen LogP contribution < -0.4 is 0 Å². The molecule has 3 aromatic carbocycles. The lowest BCUT2D eigenvalue weighted by atomic mass is 10.0. The molecule has 2 aromatic heterocycles. The van der Waals surface area contributed by atoms with Crippen LogP contribution in [-0.2, 0) is 0 Å². The summed E-state index contributed by atoms with van der Waals surface area (Å²) in [5.74, 6) is 0.211. The van der Waals surface area contributed by atoms with E-state index in [0.717, 1.165) is 49.9 Å². The molecular formula is C19H12N2O2. The number of rotatable bonds is 1. The van der Waals surface area contributed by atoms with Crippen LogP contribution in [0.5, 0.6) is 5.75 Å². The molecular weight excluding hydrogens is 288 g/mol. The summed E-state index contributed by atoms with van der Waals surface area (Å²) in [5.41, 5.74) is 4.27. The van der Waals surface area contributed by atoms with Gasteiger partial charge in [-0.3, -0.25) is 4.79 Å². The number of benzene rings is 3. The maximum Gasteiger partial charge on any atom is 0.152 e. The zero-order chi connectivity index (χ0) is 15.6. The van der Waals surface area contributed by atoms with E-state index in [-0.39, 0.29) is 5.75 Å². The Bertz CT molecular complexity index is 1240. The number of carbonyl (C=O) groups excluding carboxylic acids is 1. The summed E-state index contributed by atoms with van der Waals surface area (Å²) in [6.45, 7) is 0. The molecule has 0 aliphatic heterocycles. The molecule has 0 bridgehead atoms. The van der Waals surface area contributed by atoms with Crippen LogP contribution in [0.2, 0.25) is 0 Å². The molecule has 0 saturated carbocycles. The summed E-state index contributed by atoms with van der Waals surface area (Å²) in [6.07, 6.45) is 0.903. The summed E-state index contributed by atoms with van der Waals surface area (Å²) in [7, 11) is 0. The molecule has 110 valence electrons. The number of nitrogens with one attached hydrogen (secondary N) is 2. The van der Waals surface area contributed by atoms with Crippen LogP contribution in [-0.4, -0.2) is 21.4 Å². The van der Waals surface area contributed by atoms with Crippen LogP contribution in [0.4, 0.5) is 0 Å². The minimum absolute atomic E-state index is 0.211. The van der Waals surface area contributed by atoms with Crippen LogP contribution in [0, 0.1) is 0 Å². The SMILES string of the molecule is O=Cc1c2[nH]c3ccc(O)cc3c2cc2[nH]c3ccccc3c12. The zero-order valence-electron chi connectivity index (χ0n) is 12.1. The molecule has 0 unspecified atom stereocenters. The first-order valence-electron chi connectivity index (χ1n) is 7.39. The van der Waals surface area contributed by atoms with Gasteiger partial charge in [0.1, 0.15) is 5.75 Å². The Balaban J connectivity index is 2.09. The largest absolute Gasteiger partial charge is 0.508 e. The number of H-pyrrole nitrogens is 2. The van der Waals surface area contributed by atoms with E-state index in [1.54, 1.807) is 12.1 Å². The quantitative estimate of drug-likeness (QED) is 0.400. The van der Waals surface area contributed by atoms with Gasteiger partial charge in [0.25, 0.3) is 0 Å². The monoisotopic (exact) mass is 300 g/mol. The van der Waals surface area contributed by atoms with Crippen LogP contribution in [0.3, 0.4) is 0 Å². The summed E-state index contributed by atoms with van der Waals surface area (Å²) in [5, 5.41) is 13.6. The van der Waals surface area contributed by atoms with E-state index in [9.17, 15) is 9.90 Å². The first-order valence-corrected chi connectivity index (χ1v) is 7.39. The number of para-hydroxylation sites is 1. The molecule has 5 rings (SSSR count). The van der Waals surface area contributed by atoms with E-state index in [4.69, 9.17) is 0 Å². The van der Waals surface area contributed by atoms with E-state index in [1.165, 1.54) is 0 Å². The minimum Gasteiger partial charge on any atom is -0.508 e. The molecule has 2 heterocycles. The number of phenolic OH excluding ortho intramolecular Hbond substituents is 1. The van der Waals surface area contributed by atoms with Crippen LogP contribution in [0.15, 0.2) is 48.5 Å². The number of carbonyl (C=O) groups is 1. The molecule has 0 amide bonds. The highest BCUT2D eigenvalue weighted by Gasteiger charge is 2.16. The fourth-order valence-electron chi connectivity index (χ4n) is 3.51. The summed E-state index contributed by atoms with van der Waals surface area (Å²) >= 11 is 0. The molecule has 5 aromatic rings. The zero-order valence-corrected chi connectivity index (χ0v) is 12.1. The molecule has 0 saturated heterocycles. The average Bonchev–Trinajstić information content (AvgIpc) is 3.10. The van der Waals surface area contributed by atoms with Crippen LogP contribution in [0.25, 0.3) is 43.6 Å². The van der Waals surface area contributed by atoms with Gasteiger partial charge < -0.3 is 15.1 Å². The van der Waals surface area contributed by atoms with Gasteiger partial charge in [0.15, 0.2) is 6.29 Å². The molecule has 4 nitrogen and oxygen atoms in total. The second-order valence-corrected chi connectivity index (χ2v) is 5.78. The standard InChI is InChI=1S/C19H12N2O2/c22-9-14-18-11-3-1-2-4-15(11)20-17(18)8-13-12-7-10(23)5-6-16(12)21-19(13)14/h1-9,20-21,23H. The van der Waals surface area contributed by atoms with Gasteiger partial charge in [0, 0.05) is 43.7 Å². The predicted octanol–water partition coefficient (Wildman–Crippen LogP) is 4.47. The third-order valence-corrected chi connectivity index (χ3v) is 4.50. The van der Waals surface area contributed by atoms with E-state index in [0.29, 0.717) is 5.56 Å². The van der Waals surface area contributed by atoms with Crippen molar-refractivity contribution in [1.29, 1.82) is 0 Å². The Labute approximate surface area is 130 Å². The van der Waals surface area contributed by atoms with Gasteiger partial charge in [-0.1, -0.05) is 18.2 Å². The Hall–Kier alpha value is -3.27. The lowest BCUT2D eigenvalue weighted by Gasteiger charge is -1.99. The van der Waals surface area contributed by atoms with Crippen molar-refractivity contribution in [2.75, 3.05) is 0 Å². The number of aromatic hydroxyl groups is 1.